The molecule has 124 valence electrons. The second kappa shape index (κ2) is 7.79. The van der Waals surface area contributed by atoms with Crippen LogP contribution in [0.5, 0.6) is 0 Å². The van der Waals surface area contributed by atoms with Crippen molar-refractivity contribution in [2.45, 2.75) is 6.92 Å². The maximum atomic E-state index is 12.0. The number of rotatable bonds is 4. The molecule has 5 heteroatoms. The molecule has 0 saturated carbocycles. The minimum atomic E-state index is -0.242. The van der Waals surface area contributed by atoms with Gasteiger partial charge in [-0.1, -0.05) is 29.8 Å². The first-order valence-electron chi connectivity index (χ1n) is 7.44. The van der Waals surface area contributed by atoms with E-state index in [9.17, 15) is 9.59 Å². The predicted octanol–water partition coefficient (Wildman–Crippen LogP) is 4.00. The largest absolute Gasteiger partial charge is 0.345 e. The number of hydrogen-bond acceptors (Lipinski definition) is 2. The van der Waals surface area contributed by atoms with Crippen LogP contribution in [-0.2, 0) is 4.79 Å². The highest BCUT2D eigenvalue weighted by Crippen LogP contribution is 2.22. The summed E-state index contributed by atoms with van der Waals surface area (Å²) in [5, 5.41) is 3.40. The van der Waals surface area contributed by atoms with Gasteiger partial charge in [0, 0.05) is 36.4 Å². The first-order chi connectivity index (χ1) is 11.4. The molecule has 0 bridgehead atoms. The van der Waals surface area contributed by atoms with Gasteiger partial charge in [-0.3, -0.25) is 9.59 Å². The molecule has 2 aromatic carbocycles. The number of anilines is 1. The summed E-state index contributed by atoms with van der Waals surface area (Å²) in [5.41, 5.74) is 2.95. The average molecular weight is 343 g/mol. The molecule has 2 rings (SSSR count). The summed E-state index contributed by atoms with van der Waals surface area (Å²) in [6, 6.07) is 12.4. The van der Waals surface area contributed by atoms with Gasteiger partial charge in [0.15, 0.2) is 0 Å². The Morgan fingerprint density at radius 1 is 1.08 bits per heavy atom. The van der Waals surface area contributed by atoms with Gasteiger partial charge in [0.05, 0.1) is 0 Å². The van der Waals surface area contributed by atoms with Crippen molar-refractivity contribution in [2.24, 2.45) is 0 Å². The third-order valence-electron chi connectivity index (χ3n) is 3.52. The first-order valence-corrected chi connectivity index (χ1v) is 7.82. The lowest BCUT2D eigenvalue weighted by atomic mass is 10.1. The van der Waals surface area contributed by atoms with Crippen molar-refractivity contribution >= 4 is 35.2 Å². The fraction of sp³-hybridized carbons (Fsp3) is 0.158. The second-order valence-electron chi connectivity index (χ2n) is 5.56. The van der Waals surface area contributed by atoms with Gasteiger partial charge in [0.2, 0.25) is 5.91 Å². The Hall–Kier alpha value is -2.59. The predicted molar refractivity (Wildman–Crippen MR) is 98.3 cm³/mol. The van der Waals surface area contributed by atoms with Crippen molar-refractivity contribution in [3.63, 3.8) is 0 Å². The van der Waals surface area contributed by atoms with E-state index in [4.69, 9.17) is 11.6 Å². The van der Waals surface area contributed by atoms with Gasteiger partial charge in [-0.2, -0.15) is 0 Å². The number of amides is 2. The molecule has 0 radical (unpaired) electrons. The highest BCUT2D eigenvalue weighted by Gasteiger charge is 2.07. The zero-order valence-corrected chi connectivity index (χ0v) is 14.6. The first kappa shape index (κ1) is 17.8. The fourth-order valence-electron chi connectivity index (χ4n) is 2.08. The molecule has 0 aromatic heterocycles. The normalized spacial score (nSPS) is 10.7. The van der Waals surface area contributed by atoms with Gasteiger partial charge < -0.3 is 10.2 Å². The van der Waals surface area contributed by atoms with Crippen molar-refractivity contribution in [1.82, 2.24) is 4.90 Å². The second-order valence-corrected chi connectivity index (χ2v) is 5.96. The summed E-state index contributed by atoms with van der Waals surface area (Å²) in [6.45, 7) is 1.85. The van der Waals surface area contributed by atoms with Crippen LogP contribution in [-0.4, -0.2) is 30.8 Å². The molecule has 0 heterocycles. The molecular formula is C19H19ClN2O2. The minimum absolute atomic E-state index is 0.0558. The molecule has 0 saturated heterocycles. The van der Waals surface area contributed by atoms with Gasteiger partial charge in [0.1, 0.15) is 0 Å². The van der Waals surface area contributed by atoms with E-state index in [1.165, 1.54) is 11.0 Å². The smallest absolute Gasteiger partial charge is 0.253 e. The highest BCUT2D eigenvalue weighted by molar-refractivity contribution is 6.31. The van der Waals surface area contributed by atoms with Crippen LogP contribution in [0.25, 0.3) is 6.08 Å². The molecule has 0 atom stereocenters. The number of nitrogens with one attached hydrogen (secondary N) is 1. The third-order valence-corrected chi connectivity index (χ3v) is 3.93. The SMILES string of the molecule is Cc1c(Cl)cccc1NC(=O)/C=C/c1ccc(C(=O)N(C)C)cc1. The zero-order valence-electron chi connectivity index (χ0n) is 13.8. The average Bonchev–Trinajstić information content (AvgIpc) is 2.57. The summed E-state index contributed by atoms with van der Waals surface area (Å²) < 4.78 is 0. The Balaban J connectivity index is 2.04. The van der Waals surface area contributed by atoms with Crippen LogP contribution in [0.3, 0.4) is 0 Å². The molecule has 0 unspecified atom stereocenters. The van der Waals surface area contributed by atoms with E-state index < -0.39 is 0 Å². The summed E-state index contributed by atoms with van der Waals surface area (Å²) in [7, 11) is 3.41. The van der Waals surface area contributed by atoms with E-state index in [0.29, 0.717) is 16.3 Å². The maximum Gasteiger partial charge on any atom is 0.253 e. The van der Waals surface area contributed by atoms with Crippen LogP contribution in [0.2, 0.25) is 5.02 Å². The number of halogens is 1. The van der Waals surface area contributed by atoms with E-state index in [1.54, 1.807) is 62.6 Å². The molecule has 0 aliphatic rings. The molecule has 24 heavy (non-hydrogen) atoms. The van der Waals surface area contributed by atoms with E-state index >= 15 is 0 Å². The quantitative estimate of drug-likeness (QED) is 0.854. The lowest BCUT2D eigenvalue weighted by Crippen LogP contribution is -2.21. The van der Waals surface area contributed by atoms with E-state index in [-0.39, 0.29) is 11.8 Å². The van der Waals surface area contributed by atoms with Gasteiger partial charge in [0.25, 0.3) is 5.91 Å². The molecule has 2 amide bonds. The van der Waals surface area contributed by atoms with Crippen LogP contribution in [0.4, 0.5) is 5.69 Å². The van der Waals surface area contributed by atoms with E-state index in [0.717, 1.165) is 11.1 Å². The van der Waals surface area contributed by atoms with Gasteiger partial charge >= 0.3 is 0 Å². The molecule has 2 aromatic rings. The van der Waals surface area contributed by atoms with Gasteiger partial charge in [-0.15, -0.1) is 0 Å². The number of carbonyl (C=O) groups is 2. The zero-order chi connectivity index (χ0) is 17.7. The minimum Gasteiger partial charge on any atom is -0.345 e. The molecule has 1 N–H and O–H groups in total. The third kappa shape index (κ3) is 4.46. The van der Waals surface area contributed by atoms with Gasteiger partial charge in [-0.05, 0) is 48.4 Å². The highest BCUT2D eigenvalue weighted by atomic mass is 35.5. The standard InChI is InChI=1S/C19H19ClN2O2/c1-13-16(20)5-4-6-17(13)21-18(23)12-9-14-7-10-15(11-8-14)19(24)22(2)3/h4-12H,1-3H3,(H,21,23)/b12-9+. The summed E-state index contributed by atoms with van der Waals surface area (Å²) >= 11 is 6.03. The Morgan fingerprint density at radius 2 is 1.75 bits per heavy atom. The van der Waals surface area contributed by atoms with Crippen LogP contribution in [0.15, 0.2) is 48.5 Å². The Kier molecular flexibility index (Phi) is 5.77. The van der Waals surface area contributed by atoms with Crippen LogP contribution >= 0.6 is 11.6 Å². The number of carbonyl (C=O) groups excluding carboxylic acids is 2. The Labute approximate surface area is 146 Å². The molecule has 4 nitrogen and oxygen atoms in total. The summed E-state index contributed by atoms with van der Waals surface area (Å²) in [6.07, 6.45) is 3.14. The van der Waals surface area contributed by atoms with E-state index in [1.807, 2.05) is 6.92 Å². The summed E-state index contributed by atoms with van der Waals surface area (Å²) in [4.78, 5) is 25.3. The number of benzene rings is 2. The van der Waals surface area contributed by atoms with Crippen LogP contribution < -0.4 is 5.32 Å². The Bertz CT molecular complexity index is 780. The van der Waals surface area contributed by atoms with Crippen molar-refractivity contribution < 1.29 is 9.59 Å². The Morgan fingerprint density at radius 3 is 2.38 bits per heavy atom. The molecule has 0 fully saturated rings. The topological polar surface area (TPSA) is 49.4 Å². The molecule has 0 aliphatic heterocycles. The molecule has 0 aliphatic carbocycles. The van der Waals surface area contributed by atoms with Crippen LogP contribution in [0, 0.1) is 6.92 Å². The lowest BCUT2D eigenvalue weighted by Gasteiger charge is -2.10. The van der Waals surface area contributed by atoms with E-state index in [2.05, 4.69) is 5.32 Å². The molecule has 0 spiro atoms. The lowest BCUT2D eigenvalue weighted by molar-refractivity contribution is -0.111. The monoisotopic (exact) mass is 342 g/mol. The van der Waals surface area contributed by atoms with Crippen molar-refractivity contribution in [2.75, 3.05) is 19.4 Å². The number of nitrogens with zero attached hydrogens (tertiary/aromatic N) is 1. The van der Waals surface area contributed by atoms with Crippen molar-refractivity contribution in [3.8, 4) is 0 Å². The summed E-state index contributed by atoms with van der Waals surface area (Å²) in [5.74, 6) is -0.298. The molecular weight excluding hydrogens is 324 g/mol. The number of hydrogen-bond donors (Lipinski definition) is 1. The van der Waals surface area contributed by atoms with Crippen LogP contribution in [0.1, 0.15) is 21.5 Å². The fourth-order valence-corrected chi connectivity index (χ4v) is 2.26. The van der Waals surface area contributed by atoms with Gasteiger partial charge in [-0.25, -0.2) is 0 Å². The maximum absolute atomic E-state index is 12.0. The van der Waals surface area contributed by atoms with Crippen molar-refractivity contribution in [1.29, 1.82) is 0 Å². The van der Waals surface area contributed by atoms with Crippen molar-refractivity contribution in [3.05, 3.63) is 70.3 Å².